The SMILES string of the molecule is O=C1C2CC=CCC2C(=O)N1CC(=O)N1CCc2ccccc21. The van der Waals surface area contributed by atoms with E-state index in [1.54, 1.807) is 4.90 Å². The van der Waals surface area contributed by atoms with Crippen molar-refractivity contribution in [2.24, 2.45) is 11.8 Å². The van der Waals surface area contributed by atoms with E-state index in [2.05, 4.69) is 0 Å². The van der Waals surface area contributed by atoms with E-state index in [-0.39, 0.29) is 36.1 Å². The number of para-hydroxylation sites is 1. The summed E-state index contributed by atoms with van der Waals surface area (Å²) in [6.45, 7) is 0.474. The van der Waals surface area contributed by atoms with Gasteiger partial charge in [-0.25, -0.2) is 0 Å². The molecule has 0 spiro atoms. The molecule has 0 N–H and O–H groups in total. The molecule has 0 saturated carbocycles. The first-order valence-electron chi connectivity index (χ1n) is 8.05. The predicted molar refractivity (Wildman–Crippen MR) is 84.6 cm³/mol. The van der Waals surface area contributed by atoms with Crippen LogP contribution in [0.3, 0.4) is 0 Å². The lowest BCUT2D eigenvalue weighted by Crippen LogP contribution is -2.42. The lowest BCUT2D eigenvalue weighted by molar-refractivity contribution is -0.143. The summed E-state index contributed by atoms with van der Waals surface area (Å²) in [4.78, 5) is 40.4. The van der Waals surface area contributed by atoms with E-state index in [1.165, 1.54) is 4.90 Å². The molecule has 2 unspecified atom stereocenters. The van der Waals surface area contributed by atoms with Gasteiger partial charge in [0, 0.05) is 12.2 Å². The molecule has 0 bridgehead atoms. The molecule has 2 heterocycles. The zero-order valence-corrected chi connectivity index (χ0v) is 12.8. The van der Waals surface area contributed by atoms with Crippen LogP contribution in [-0.2, 0) is 20.8 Å². The van der Waals surface area contributed by atoms with Gasteiger partial charge in [0.2, 0.25) is 17.7 Å². The molecule has 4 rings (SSSR count). The number of benzene rings is 1. The van der Waals surface area contributed by atoms with Gasteiger partial charge >= 0.3 is 0 Å². The topological polar surface area (TPSA) is 57.7 Å². The van der Waals surface area contributed by atoms with Crippen molar-refractivity contribution < 1.29 is 14.4 Å². The average molecular weight is 310 g/mol. The van der Waals surface area contributed by atoms with Crippen LogP contribution in [0.15, 0.2) is 36.4 Å². The second kappa shape index (κ2) is 5.33. The predicted octanol–water partition coefficient (Wildman–Crippen LogP) is 1.53. The van der Waals surface area contributed by atoms with Gasteiger partial charge in [-0.05, 0) is 30.9 Å². The normalized spacial score (nSPS) is 25.7. The molecular formula is C18H18N2O3. The van der Waals surface area contributed by atoms with Crippen LogP contribution >= 0.6 is 0 Å². The molecule has 1 saturated heterocycles. The number of anilines is 1. The van der Waals surface area contributed by atoms with Gasteiger partial charge in [0.25, 0.3) is 0 Å². The van der Waals surface area contributed by atoms with E-state index in [4.69, 9.17) is 0 Å². The molecule has 0 radical (unpaired) electrons. The smallest absolute Gasteiger partial charge is 0.247 e. The van der Waals surface area contributed by atoms with Crippen molar-refractivity contribution in [1.29, 1.82) is 0 Å². The third-order valence-corrected chi connectivity index (χ3v) is 5.08. The second-order valence-electron chi connectivity index (χ2n) is 6.34. The molecule has 2 aliphatic heterocycles. The van der Waals surface area contributed by atoms with Crippen molar-refractivity contribution in [1.82, 2.24) is 4.90 Å². The summed E-state index contributed by atoms with van der Waals surface area (Å²) in [6, 6.07) is 7.78. The maximum atomic E-state index is 12.6. The molecule has 1 fully saturated rings. The van der Waals surface area contributed by atoms with Gasteiger partial charge in [0.15, 0.2) is 0 Å². The van der Waals surface area contributed by atoms with Crippen LogP contribution in [0.1, 0.15) is 18.4 Å². The number of imide groups is 1. The third-order valence-electron chi connectivity index (χ3n) is 5.08. The number of carbonyl (C=O) groups excluding carboxylic acids is 3. The zero-order chi connectivity index (χ0) is 16.0. The van der Waals surface area contributed by atoms with E-state index in [0.717, 1.165) is 17.7 Å². The van der Waals surface area contributed by atoms with Crippen molar-refractivity contribution in [2.75, 3.05) is 18.0 Å². The molecule has 5 nitrogen and oxygen atoms in total. The first-order valence-corrected chi connectivity index (χ1v) is 8.05. The van der Waals surface area contributed by atoms with Crippen molar-refractivity contribution in [3.8, 4) is 0 Å². The van der Waals surface area contributed by atoms with E-state index in [0.29, 0.717) is 19.4 Å². The molecule has 1 aromatic carbocycles. The number of hydrogen-bond donors (Lipinski definition) is 0. The number of fused-ring (bicyclic) bond motifs is 2. The largest absolute Gasteiger partial charge is 0.310 e. The van der Waals surface area contributed by atoms with E-state index >= 15 is 0 Å². The molecule has 23 heavy (non-hydrogen) atoms. The number of carbonyl (C=O) groups is 3. The first-order chi connectivity index (χ1) is 11.2. The van der Waals surface area contributed by atoms with Crippen molar-refractivity contribution >= 4 is 23.4 Å². The van der Waals surface area contributed by atoms with Crippen LogP contribution in [0.2, 0.25) is 0 Å². The number of likely N-dealkylation sites (tertiary alicyclic amines) is 1. The van der Waals surface area contributed by atoms with Gasteiger partial charge in [0.05, 0.1) is 11.8 Å². The summed E-state index contributed by atoms with van der Waals surface area (Å²) in [6.07, 6.45) is 5.93. The molecule has 3 amide bonds. The highest BCUT2D eigenvalue weighted by atomic mass is 16.2. The van der Waals surface area contributed by atoms with Gasteiger partial charge in [0.1, 0.15) is 6.54 Å². The lowest BCUT2D eigenvalue weighted by atomic mass is 9.85. The van der Waals surface area contributed by atoms with Crippen molar-refractivity contribution in [3.63, 3.8) is 0 Å². The molecule has 118 valence electrons. The highest BCUT2D eigenvalue weighted by molar-refractivity contribution is 6.09. The van der Waals surface area contributed by atoms with Gasteiger partial charge in [-0.1, -0.05) is 30.4 Å². The minimum Gasteiger partial charge on any atom is -0.310 e. The highest BCUT2D eigenvalue weighted by Crippen LogP contribution is 2.35. The third kappa shape index (κ3) is 2.19. The average Bonchev–Trinajstić information content (AvgIpc) is 3.11. The summed E-state index contributed by atoms with van der Waals surface area (Å²) in [5.74, 6) is -1.10. The summed E-state index contributed by atoms with van der Waals surface area (Å²) < 4.78 is 0. The Morgan fingerprint density at radius 2 is 1.70 bits per heavy atom. The van der Waals surface area contributed by atoms with Crippen LogP contribution in [0, 0.1) is 11.8 Å². The molecule has 5 heteroatoms. The number of rotatable bonds is 2. The Morgan fingerprint density at radius 3 is 2.39 bits per heavy atom. The monoisotopic (exact) mass is 310 g/mol. The van der Waals surface area contributed by atoms with Crippen LogP contribution in [0.4, 0.5) is 5.69 Å². The van der Waals surface area contributed by atoms with Crippen LogP contribution in [0.25, 0.3) is 0 Å². The lowest BCUT2D eigenvalue weighted by Gasteiger charge is -2.21. The summed E-state index contributed by atoms with van der Waals surface area (Å²) in [5.41, 5.74) is 2.04. The molecular weight excluding hydrogens is 292 g/mol. The van der Waals surface area contributed by atoms with Crippen molar-refractivity contribution in [3.05, 3.63) is 42.0 Å². The van der Waals surface area contributed by atoms with Crippen LogP contribution < -0.4 is 4.90 Å². The van der Waals surface area contributed by atoms with Gasteiger partial charge in [-0.2, -0.15) is 0 Å². The highest BCUT2D eigenvalue weighted by Gasteiger charge is 2.48. The summed E-state index contributed by atoms with van der Waals surface area (Å²) in [7, 11) is 0. The Bertz CT molecular complexity index is 699. The van der Waals surface area contributed by atoms with Gasteiger partial charge in [-0.3, -0.25) is 19.3 Å². The van der Waals surface area contributed by atoms with E-state index in [9.17, 15) is 14.4 Å². The summed E-state index contributed by atoms with van der Waals surface area (Å²) in [5, 5.41) is 0. The Morgan fingerprint density at radius 1 is 1.04 bits per heavy atom. The maximum Gasteiger partial charge on any atom is 0.247 e. The van der Waals surface area contributed by atoms with Crippen LogP contribution in [0.5, 0.6) is 0 Å². The molecule has 2 atom stereocenters. The van der Waals surface area contributed by atoms with Gasteiger partial charge < -0.3 is 4.90 Å². The fourth-order valence-corrected chi connectivity index (χ4v) is 3.84. The Kier molecular flexibility index (Phi) is 3.29. The molecule has 0 aromatic heterocycles. The van der Waals surface area contributed by atoms with Crippen molar-refractivity contribution in [2.45, 2.75) is 19.3 Å². The Labute approximate surface area is 134 Å². The standard InChI is InChI=1S/C18H18N2O3/c21-16(19-10-9-12-5-1-4-8-15(12)19)11-20-17(22)13-6-2-3-7-14(13)18(20)23/h1-5,8,13-14H,6-7,9-11H2. The Hall–Kier alpha value is -2.43. The minimum atomic E-state index is -0.272. The first kappa shape index (κ1) is 14.2. The van der Waals surface area contributed by atoms with Crippen LogP contribution in [-0.4, -0.2) is 35.7 Å². The quantitative estimate of drug-likeness (QED) is 0.615. The minimum absolute atomic E-state index is 0.140. The number of hydrogen-bond acceptors (Lipinski definition) is 3. The fourth-order valence-electron chi connectivity index (χ4n) is 3.84. The number of amides is 3. The van der Waals surface area contributed by atoms with E-state index in [1.807, 2.05) is 36.4 Å². The Balaban J connectivity index is 1.52. The fraction of sp³-hybridized carbons (Fsp3) is 0.389. The van der Waals surface area contributed by atoms with Gasteiger partial charge in [-0.15, -0.1) is 0 Å². The van der Waals surface area contributed by atoms with E-state index < -0.39 is 0 Å². The maximum absolute atomic E-state index is 12.6. The molecule has 1 aliphatic carbocycles. The zero-order valence-electron chi connectivity index (χ0n) is 12.8. The summed E-state index contributed by atoms with van der Waals surface area (Å²) >= 11 is 0. The molecule has 1 aromatic rings. The number of allylic oxidation sites excluding steroid dienone is 2. The second-order valence-corrected chi connectivity index (χ2v) is 6.34. The number of nitrogens with zero attached hydrogens (tertiary/aromatic N) is 2. The molecule has 3 aliphatic rings.